The summed E-state index contributed by atoms with van der Waals surface area (Å²) in [6, 6.07) is 2.28. The van der Waals surface area contributed by atoms with Gasteiger partial charge in [0.05, 0.1) is 4.92 Å². The van der Waals surface area contributed by atoms with E-state index in [0.717, 1.165) is 18.2 Å². The number of carboxylic acid groups (broad SMARTS) is 1. The third-order valence-electron chi connectivity index (χ3n) is 2.10. The summed E-state index contributed by atoms with van der Waals surface area (Å²) in [7, 11) is 0. The van der Waals surface area contributed by atoms with E-state index >= 15 is 0 Å². The lowest BCUT2D eigenvalue weighted by atomic mass is 10.1. The lowest BCUT2D eigenvalue weighted by molar-refractivity contribution is -0.387. The van der Waals surface area contributed by atoms with Crippen LogP contribution in [-0.4, -0.2) is 22.6 Å². The van der Waals surface area contributed by atoms with Crippen molar-refractivity contribution < 1.29 is 28.3 Å². The zero-order valence-corrected chi connectivity index (χ0v) is 9.67. The van der Waals surface area contributed by atoms with Crippen LogP contribution in [0.2, 0.25) is 0 Å². The van der Waals surface area contributed by atoms with Gasteiger partial charge in [-0.3, -0.25) is 10.1 Å². The second-order valence-corrected chi connectivity index (χ2v) is 3.49. The first kappa shape index (κ1) is 14.6. The number of nitrogens with zero attached hydrogens (tertiary/aromatic N) is 1. The standard InChI is InChI=1S/C11H9F2NO5/c1-6-4-7(2-3-9(15)16)5-8(19-11(12)13)10(6)14(17)18/h2-5,11H,1H3,(H,15,16)/b3-2+. The van der Waals surface area contributed by atoms with Gasteiger partial charge >= 0.3 is 18.3 Å². The molecule has 1 rings (SSSR count). The quantitative estimate of drug-likeness (QED) is 0.506. The van der Waals surface area contributed by atoms with Crippen LogP contribution in [-0.2, 0) is 4.79 Å². The van der Waals surface area contributed by atoms with Crippen LogP contribution < -0.4 is 4.74 Å². The number of hydrogen-bond acceptors (Lipinski definition) is 4. The van der Waals surface area contributed by atoms with Crippen molar-refractivity contribution in [2.75, 3.05) is 0 Å². The number of benzene rings is 1. The van der Waals surface area contributed by atoms with Gasteiger partial charge in [0.15, 0.2) is 0 Å². The van der Waals surface area contributed by atoms with Crippen LogP contribution in [0, 0.1) is 17.0 Å². The van der Waals surface area contributed by atoms with E-state index in [1.165, 1.54) is 13.0 Å². The molecule has 0 bridgehead atoms. The molecule has 1 aromatic carbocycles. The summed E-state index contributed by atoms with van der Waals surface area (Å²) in [4.78, 5) is 20.3. The van der Waals surface area contributed by atoms with E-state index in [-0.39, 0.29) is 11.1 Å². The van der Waals surface area contributed by atoms with E-state index < -0.39 is 28.9 Å². The summed E-state index contributed by atoms with van der Waals surface area (Å²) in [6.07, 6.45) is 1.91. The number of nitro groups is 1. The van der Waals surface area contributed by atoms with Gasteiger partial charge in [0.2, 0.25) is 5.75 Å². The average Bonchev–Trinajstić information content (AvgIpc) is 2.24. The van der Waals surface area contributed by atoms with E-state index in [1.54, 1.807) is 0 Å². The van der Waals surface area contributed by atoms with Crippen LogP contribution in [0.25, 0.3) is 6.08 Å². The maximum absolute atomic E-state index is 12.2. The highest BCUT2D eigenvalue weighted by atomic mass is 19.3. The number of carbonyl (C=O) groups is 1. The Morgan fingerprint density at radius 3 is 2.63 bits per heavy atom. The Morgan fingerprint density at radius 1 is 1.53 bits per heavy atom. The second-order valence-electron chi connectivity index (χ2n) is 3.49. The van der Waals surface area contributed by atoms with E-state index in [1.807, 2.05) is 0 Å². The lowest BCUT2D eigenvalue weighted by Gasteiger charge is -2.08. The number of rotatable bonds is 5. The third-order valence-corrected chi connectivity index (χ3v) is 2.10. The molecule has 6 nitrogen and oxygen atoms in total. The lowest BCUT2D eigenvalue weighted by Crippen LogP contribution is -2.06. The molecule has 0 saturated carbocycles. The molecule has 0 saturated heterocycles. The summed E-state index contributed by atoms with van der Waals surface area (Å²) < 4.78 is 28.4. The van der Waals surface area contributed by atoms with Crippen molar-refractivity contribution in [2.45, 2.75) is 13.5 Å². The van der Waals surface area contributed by atoms with Gasteiger partial charge in [-0.2, -0.15) is 8.78 Å². The van der Waals surface area contributed by atoms with Crippen molar-refractivity contribution >= 4 is 17.7 Å². The van der Waals surface area contributed by atoms with E-state index in [9.17, 15) is 23.7 Å². The van der Waals surface area contributed by atoms with Gasteiger partial charge in [0, 0.05) is 11.6 Å². The number of ether oxygens (including phenoxy) is 1. The van der Waals surface area contributed by atoms with Crippen molar-refractivity contribution in [3.63, 3.8) is 0 Å². The highest BCUT2D eigenvalue weighted by Gasteiger charge is 2.22. The molecule has 0 aliphatic rings. The molecule has 0 heterocycles. The first-order valence-electron chi connectivity index (χ1n) is 4.96. The number of carboxylic acids is 1. The monoisotopic (exact) mass is 273 g/mol. The van der Waals surface area contributed by atoms with Gasteiger partial charge in [0.25, 0.3) is 0 Å². The Kier molecular flexibility index (Phi) is 4.51. The minimum absolute atomic E-state index is 0.0909. The molecule has 0 atom stereocenters. The van der Waals surface area contributed by atoms with Gasteiger partial charge in [-0.15, -0.1) is 0 Å². The predicted molar refractivity (Wildman–Crippen MR) is 61.1 cm³/mol. The van der Waals surface area contributed by atoms with Crippen molar-refractivity contribution in [3.05, 3.63) is 39.4 Å². The molecule has 19 heavy (non-hydrogen) atoms. The first-order valence-corrected chi connectivity index (χ1v) is 4.96. The van der Waals surface area contributed by atoms with Crippen LogP contribution in [0.3, 0.4) is 0 Å². The molecular weight excluding hydrogens is 264 g/mol. The summed E-state index contributed by atoms with van der Waals surface area (Å²) in [6.45, 7) is -1.87. The molecular formula is C11H9F2NO5. The van der Waals surface area contributed by atoms with Crippen LogP contribution in [0.15, 0.2) is 18.2 Å². The molecule has 0 radical (unpaired) electrons. The van der Waals surface area contributed by atoms with Crippen molar-refractivity contribution in [2.24, 2.45) is 0 Å². The number of aliphatic carboxylic acids is 1. The second kappa shape index (κ2) is 5.89. The zero-order valence-electron chi connectivity index (χ0n) is 9.67. The van der Waals surface area contributed by atoms with E-state index in [2.05, 4.69) is 4.74 Å². The fourth-order valence-electron chi connectivity index (χ4n) is 1.46. The molecule has 0 aliphatic carbocycles. The Hall–Kier alpha value is -2.51. The van der Waals surface area contributed by atoms with Crippen LogP contribution in [0.5, 0.6) is 5.75 Å². The highest BCUT2D eigenvalue weighted by Crippen LogP contribution is 2.33. The highest BCUT2D eigenvalue weighted by molar-refractivity contribution is 5.85. The fraction of sp³-hybridized carbons (Fsp3) is 0.182. The number of alkyl halides is 2. The van der Waals surface area contributed by atoms with Crippen molar-refractivity contribution in [3.8, 4) is 5.75 Å². The number of nitro benzene ring substituents is 1. The Morgan fingerprint density at radius 2 is 2.16 bits per heavy atom. The first-order chi connectivity index (χ1) is 8.81. The van der Waals surface area contributed by atoms with E-state index in [0.29, 0.717) is 0 Å². The SMILES string of the molecule is Cc1cc(/C=C/C(=O)O)cc(OC(F)F)c1[N+](=O)[O-]. The number of hydrogen-bond donors (Lipinski definition) is 1. The maximum atomic E-state index is 12.2. The smallest absolute Gasteiger partial charge is 0.387 e. The topological polar surface area (TPSA) is 89.7 Å². The van der Waals surface area contributed by atoms with Gasteiger partial charge in [-0.25, -0.2) is 4.79 Å². The Labute approximate surface area is 106 Å². The van der Waals surface area contributed by atoms with Crippen LogP contribution in [0.1, 0.15) is 11.1 Å². The predicted octanol–water partition coefficient (Wildman–Crippen LogP) is 2.60. The minimum atomic E-state index is -3.21. The molecule has 0 spiro atoms. The molecule has 0 unspecified atom stereocenters. The fourth-order valence-corrected chi connectivity index (χ4v) is 1.46. The normalized spacial score (nSPS) is 10.9. The Bertz CT molecular complexity index is 542. The molecule has 1 aromatic rings. The van der Waals surface area contributed by atoms with Crippen LogP contribution >= 0.6 is 0 Å². The van der Waals surface area contributed by atoms with Gasteiger partial charge in [-0.05, 0) is 30.7 Å². The average molecular weight is 273 g/mol. The molecule has 1 N–H and O–H groups in total. The summed E-state index contributed by atoms with van der Waals surface area (Å²) >= 11 is 0. The summed E-state index contributed by atoms with van der Waals surface area (Å²) in [5.41, 5.74) is -0.276. The summed E-state index contributed by atoms with van der Waals surface area (Å²) in [5.74, 6) is -1.84. The summed E-state index contributed by atoms with van der Waals surface area (Å²) in [5, 5.41) is 19.2. The largest absolute Gasteiger partial charge is 0.478 e. The molecule has 0 aromatic heterocycles. The maximum Gasteiger partial charge on any atom is 0.387 e. The minimum Gasteiger partial charge on any atom is -0.478 e. The van der Waals surface area contributed by atoms with Gasteiger partial charge in [-0.1, -0.05) is 0 Å². The number of aryl methyl sites for hydroxylation is 1. The van der Waals surface area contributed by atoms with Gasteiger partial charge < -0.3 is 9.84 Å². The molecule has 102 valence electrons. The molecule has 0 fully saturated rings. The zero-order chi connectivity index (χ0) is 14.6. The van der Waals surface area contributed by atoms with Crippen LogP contribution in [0.4, 0.5) is 14.5 Å². The van der Waals surface area contributed by atoms with Gasteiger partial charge in [0.1, 0.15) is 0 Å². The third kappa shape index (κ3) is 4.02. The van der Waals surface area contributed by atoms with E-state index in [4.69, 9.17) is 5.11 Å². The number of halogens is 2. The van der Waals surface area contributed by atoms with Crippen molar-refractivity contribution in [1.82, 2.24) is 0 Å². The molecule has 0 aliphatic heterocycles. The Balaban J connectivity index is 3.29. The molecule has 8 heteroatoms. The van der Waals surface area contributed by atoms with Crippen molar-refractivity contribution in [1.29, 1.82) is 0 Å². The molecule has 0 amide bonds.